The van der Waals surface area contributed by atoms with Crippen LogP contribution in [-0.2, 0) is 4.79 Å². The molecule has 0 saturated heterocycles. The lowest BCUT2D eigenvalue weighted by atomic mass is 9.50. The zero-order valence-corrected chi connectivity index (χ0v) is 18.9. The molecule has 4 rings (SSSR count). The summed E-state index contributed by atoms with van der Waals surface area (Å²) in [5, 5.41) is 17.1. The molecule has 0 aliphatic heterocycles. The largest absolute Gasteiger partial charge is 0.400 e. The Bertz CT molecular complexity index is 607. The minimum atomic E-state index is -0.141. The number of hydrogen-bond acceptors (Lipinski definition) is 3. The molecule has 4 aliphatic carbocycles. The summed E-state index contributed by atoms with van der Waals surface area (Å²) >= 11 is 0. The Morgan fingerprint density at radius 2 is 1.71 bits per heavy atom. The summed E-state index contributed by atoms with van der Waals surface area (Å²) in [4.78, 5) is 11.4. The number of aliphatic hydroxyl groups excluding tert-OH is 2. The smallest absolute Gasteiger partial charge is 0.123 e. The zero-order valence-electron chi connectivity index (χ0n) is 18.9. The second kappa shape index (κ2) is 9.26. The molecule has 0 bridgehead atoms. The third kappa shape index (κ3) is 3.65. The van der Waals surface area contributed by atoms with Gasteiger partial charge in [-0.1, -0.05) is 57.9 Å². The third-order valence-corrected chi connectivity index (χ3v) is 8.47. The van der Waals surface area contributed by atoms with Gasteiger partial charge in [0, 0.05) is 13.0 Å². The molecular formula is C25H42O3. The minimum Gasteiger partial charge on any atom is -0.400 e. The molecule has 0 spiro atoms. The number of carbonyl (C=O) groups excluding carboxylic acids is 1. The molecule has 0 heterocycles. The number of allylic oxidation sites excluding steroid dienone is 3. The highest BCUT2D eigenvalue weighted by molar-refractivity contribution is 5.54. The van der Waals surface area contributed by atoms with Crippen LogP contribution in [0.3, 0.4) is 0 Å². The van der Waals surface area contributed by atoms with Crippen LogP contribution in [0.2, 0.25) is 0 Å². The Balaban J connectivity index is 0.000000660. The van der Waals surface area contributed by atoms with Gasteiger partial charge in [0.05, 0.1) is 6.10 Å². The van der Waals surface area contributed by atoms with Crippen LogP contribution < -0.4 is 0 Å². The lowest BCUT2D eigenvalue weighted by molar-refractivity contribution is -0.113. The lowest BCUT2D eigenvalue weighted by Gasteiger charge is -2.55. The van der Waals surface area contributed by atoms with Gasteiger partial charge in [0.25, 0.3) is 0 Å². The Labute approximate surface area is 172 Å². The molecule has 7 unspecified atom stereocenters. The molecule has 3 saturated carbocycles. The quantitative estimate of drug-likeness (QED) is 0.628. The van der Waals surface area contributed by atoms with Crippen molar-refractivity contribution in [2.24, 2.45) is 34.5 Å². The molecular weight excluding hydrogens is 348 g/mol. The van der Waals surface area contributed by atoms with Crippen LogP contribution in [0.25, 0.3) is 0 Å². The maximum Gasteiger partial charge on any atom is 0.123 e. The molecule has 4 aliphatic rings. The maximum absolute atomic E-state index is 11.4. The van der Waals surface area contributed by atoms with Crippen molar-refractivity contribution in [2.45, 2.75) is 85.7 Å². The van der Waals surface area contributed by atoms with Crippen molar-refractivity contribution in [1.29, 1.82) is 0 Å². The van der Waals surface area contributed by atoms with Gasteiger partial charge >= 0.3 is 0 Å². The average Bonchev–Trinajstić information content (AvgIpc) is 3.08. The van der Waals surface area contributed by atoms with Gasteiger partial charge in [-0.3, -0.25) is 0 Å². The van der Waals surface area contributed by atoms with Gasteiger partial charge in [0.15, 0.2) is 0 Å². The normalized spacial score (nSPS) is 42.0. The Morgan fingerprint density at radius 1 is 1.04 bits per heavy atom. The molecule has 160 valence electrons. The summed E-state index contributed by atoms with van der Waals surface area (Å²) in [5.74, 6) is 2.05. The van der Waals surface area contributed by atoms with E-state index < -0.39 is 0 Å². The van der Waals surface area contributed by atoms with Crippen molar-refractivity contribution in [3.05, 3.63) is 23.3 Å². The van der Waals surface area contributed by atoms with Gasteiger partial charge in [-0.15, -0.1) is 0 Å². The summed E-state index contributed by atoms with van der Waals surface area (Å²) in [7, 11) is 1.00. The standard InChI is InChI=1S/C22H32O2.C2H6.CH4O/c1-14(13-23)18-6-7-19-17-5-4-15-12-16(24)8-10-21(15,2)20(17)9-11-22(18,19)3;2*1-2/h4-5,13-14,16,18-20,24H,6-12H2,1-3H3;1-2H3;2H,1H3. The number of rotatable bonds is 2. The van der Waals surface area contributed by atoms with Crippen molar-refractivity contribution in [2.75, 3.05) is 7.11 Å². The van der Waals surface area contributed by atoms with Crippen molar-refractivity contribution in [1.82, 2.24) is 0 Å². The molecule has 0 aromatic rings. The molecule has 3 nitrogen and oxygen atoms in total. The van der Waals surface area contributed by atoms with Gasteiger partial charge in [-0.2, -0.15) is 0 Å². The van der Waals surface area contributed by atoms with Crippen LogP contribution in [0.5, 0.6) is 0 Å². The Kier molecular flexibility index (Phi) is 7.72. The summed E-state index contributed by atoms with van der Waals surface area (Å²) in [5.41, 5.74) is 3.72. The highest BCUT2D eigenvalue weighted by atomic mass is 16.3. The monoisotopic (exact) mass is 390 g/mol. The second-order valence-corrected chi connectivity index (χ2v) is 9.50. The van der Waals surface area contributed by atoms with E-state index in [1.54, 1.807) is 5.57 Å². The minimum absolute atomic E-state index is 0.141. The first-order valence-electron chi connectivity index (χ1n) is 11.4. The first-order chi connectivity index (χ1) is 13.4. The van der Waals surface area contributed by atoms with Crippen molar-refractivity contribution >= 4 is 6.29 Å². The fourth-order valence-corrected chi connectivity index (χ4v) is 6.98. The van der Waals surface area contributed by atoms with E-state index in [2.05, 4.69) is 32.9 Å². The van der Waals surface area contributed by atoms with Gasteiger partial charge in [0.1, 0.15) is 6.29 Å². The van der Waals surface area contributed by atoms with Crippen LogP contribution >= 0.6 is 0 Å². The molecule has 28 heavy (non-hydrogen) atoms. The number of fused-ring (bicyclic) bond motifs is 5. The van der Waals surface area contributed by atoms with Crippen LogP contribution in [0.1, 0.15) is 79.6 Å². The van der Waals surface area contributed by atoms with Crippen LogP contribution in [-0.4, -0.2) is 29.7 Å². The van der Waals surface area contributed by atoms with Crippen LogP contribution in [0.15, 0.2) is 23.3 Å². The van der Waals surface area contributed by atoms with Crippen molar-refractivity contribution < 1.29 is 15.0 Å². The highest BCUT2D eigenvalue weighted by Gasteiger charge is 2.56. The molecule has 3 fully saturated rings. The maximum atomic E-state index is 11.4. The highest BCUT2D eigenvalue weighted by Crippen LogP contribution is 2.65. The fourth-order valence-electron chi connectivity index (χ4n) is 6.98. The fraction of sp³-hybridized carbons (Fsp3) is 0.800. The van der Waals surface area contributed by atoms with E-state index in [9.17, 15) is 9.90 Å². The van der Waals surface area contributed by atoms with Crippen LogP contribution in [0, 0.1) is 34.5 Å². The predicted molar refractivity (Wildman–Crippen MR) is 116 cm³/mol. The first kappa shape index (κ1) is 23.3. The molecule has 0 aromatic carbocycles. The lowest BCUT2D eigenvalue weighted by Crippen LogP contribution is -2.46. The number of aldehydes is 1. The summed E-state index contributed by atoms with van der Waals surface area (Å²) in [6.45, 7) is 11.0. The van der Waals surface area contributed by atoms with E-state index in [0.29, 0.717) is 23.2 Å². The molecule has 2 N–H and O–H groups in total. The van der Waals surface area contributed by atoms with Gasteiger partial charge < -0.3 is 15.0 Å². The van der Waals surface area contributed by atoms with Gasteiger partial charge in [-0.05, 0) is 73.5 Å². The second-order valence-electron chi connectivity index (χ2n) is 9.50. The molecule has 0 amide bonds. The van der Waals surface area contributed by atoms with E-state index in [0.717, 1.165) is 26.4 Å². The summed E-state index contributed by atoms with van der Waals surface area (Å²) in [6.07, 6.45) is 13.7. The van der Waals surface area contributed by atoms with E-state index in [-0.39, 0.29) is 17.4 Å². The zero-order chi connectivity index (χ0) is 21.1. The van der Waals surface area contributed by atoms with Crippen molar-refractivity contribution in [3.63, 3.8) is 0 Å². The summed E-state index contributed by atoms with van der Waals surface area (Å²) in [6, 6.07) is 0. The van der Waals surface area contributed by atoms with Gasteiger partial charge in [0.2, 0.25) is 0 Å². The molecule has 0 radical (unpaired) electrons. The van der Waals surface area contributed by atoms with Gasteiger partial charge in [-0.25, -0.2) is 0 Å². The third-order valence-electron chi connectivity index (χ3n) is 8.47. The predicted octanol–water partition coefficient (Wildman–Crippen LogP) is 5.32. The van der Waals surface area contributed by atoms with E-state index in [1.807, 2.05) is 13.8 Å². The van der Waals surface area contributed by atoms with E-state index >= 15 is 0 Å². The molecule has 3 heteroatoms. The average molecular weight is 391 g/mol. The van der Waals surface area contributed by atoms with E-state index in [1.165, 1.54) is 37.5 Å². The van der Waals surface area contributed by atoms with Crippen LogP contribution in [0.4, 0.5) is 0 Å². The SMILES string of the molecule is CC.CC(C=O)C1CCC2C3=CC=C4CC(O)CCC4(C)C3CCC21C.CO. The Hall–Kier alpha value is -0.930. The number of carbonyl (C=O) groups is 1. The Morgan fingerprint density at radius 3 is 2.36 bits per heavy atom. The summed E-state index contributed by atoms with van der Waals surface area (Å²) < 4.78 is 0. The number of aliphatic hydroxyl groups is 2. The molecule has 0 aromatic heterocycles. The van der Waals surface area contributed by atoms with Crippen molar-refractivity contribution in [3.8, 4) is 0 Å². The van der Waals surface area contributed by atoms with E-state index in [4.69, 9.17) is 5.11 Å². The molecule has 7 atom stereocenters. The topological polar surface area (TPSA) is 57.5 Å². The number of hydrogen-bond donors (Lipinski definition) is 2. The first-order valence-corrected chi connectivity index (χ1v) is 11.4.